The van der Waals surface area contributed by atoms with Gasteiger partial charge >= 0.3 is 0 Å². The maximum atomic E-state index is 11.8. The number of rotatable bonds is 0. The summed E-state index contributed by atoms with van der Waals surface area (Å²) in [6, 6.07) is 0. The number of carbonyl (C=O) groups is 4. The van der Waals surface area contributed by atoms with E-state index in [1.165, 1.54) is 47.0 Å². The van der Waals surface area contributed by atoms with Gasteiger partial charge in [0.25, 0.3) is 0 Å². The second-order valence-electron chi connectivity index (χ2n) is 5.81. The first kappa shape index (κ1) is 26.8. The molecule has 0 aromatic rings. The number of thioether (sulfide) groups is 6. The molecule has 0 spiro atoms. The number of carbonyl (C=O) groups excluding carboxylic acids is 4. The fraction of sp³-hybridized carbons (Fsp3) is 0.778. The average Bonchev–Trinajstić information content (AvgIpc) is 2.65. The van der Waals surface area contributed by atoms with Crippen LogP contribution in [0.4, 0.5) is 0 Å². The lowest BCUT2D eigenvalue weighted by Gasteiger charge is -2.04. The van der Waals surface area contributed by atoms with Gasteiger partial charge in [-0.15, -0.1) is 0 Å². The summed E-state index contributed by atoms with van der Waals surface area (Å²) in [5, 5.41) is 0.667. The molecule has 1 aliphatic rings. The maximum absolute atomic E-state index is 11.8. The van der Waals surface area contributed by atoms with E-state index in [0.717, 1.165) is 46.0 Å². The molecule has 0 aromatic heterocycles. The normalized spacial score (nSPS) is 22.6. The van der Waals surface area contributed by atoms with Crippen molar-refractivity contribution >= 4 is 91.0 Å². The van der Waals surface area contributed by atoms with E-state index in [2.05, 4.69) is 0 Å². The van der Waals surface area contributed by atoms with Crippen molar-refractivity contribution < 1.29 is 19.2 Å². The van der Waals surface area contributed by atoms with Gasteiger partial charge in [0.05, 0.1) is 0 Å². The van der Waals surface area contributed by atoms with E-state index in [4.69, 9.17) is 0 Å². The molecular weight excluding hydrogens is 473 g/mol. The maximum Gasteiger partial charge on any atom is 0.188 e. The van der Waals surface area contributed by atoms with Crippen LogP contribution >= 0.6 is 70.6 Å². The van der Waals surface area contributed by atoms with Crippen molar-refractivity contribution in [2.24, 2.45) is 0 Å². The van der Waals surface area contributed by atoms with Gasteiger partial charge in [-0.1, -0.05) is 47.0 Å². The van der Waals surface area contributed by atoms with Gasteiger partial charge in [0.1, 0.15) is 0 Å². The molecule has 0 unspecified atom stereocenters. The standard InChI is InChI=1S/C18H28O4S6/c19-15-3-1-4-16(20)26-12-8-24-10-14-28-18(22)6-2-5-17(21)27-13-9-23-7-11-25-15/h1-14H2. The van der Waals surface area contributed by atoms with Crippen molar-refractivity contribution in [2.45, 2.75) is 38.5 Å². The molecule has 4 nitrogen and oxygen atoms in total. The van der Waals surface area contributed by atoms with E-state index in [9.17, 15) is 19.2 Å². The molecule has 0 radical (unpaired) electrons. The van der Waals surface area contributed by atoms with Crippen LogP contribution < -0.4 is 0 Å². The van der Waals surface area contributed by atoms with Crippen molar-refractivity contribution in [3.63, 3.8) is 0 Å². The van der Waals surface area contributed by atoms with Gasteiger partial charge in [0.15, 0.2) is 20.5 Å². The predicted molar refractivity (Wildman–Crippen MR) is 132 cm³/mol. The molecule has 1 saturated heterocycles. The molecule has 0 bridgehead atoms. The second-order valence-corrected chi connectivity index (χ2v) is 12.9. The molecule has 0 aromatic carbocycles. The van der Waals surface area contributed by atoms with Gasteiger partial charge in [0, 0.05) is 71.7 Å². The van der Waals surface area contributed by atoms with Crippen LogP contribution in [0.15, 0.2) is 0 Å². The number of hydrogen-bond donors (Lipinski definition) is 0. The van der Waals surface area contributed by atoms with Crippen molar-refractivity contribution in [1.29, 1.82) is 0 Å². The Bertz CT molecular complexity index is 416. The van der Waals surface area contributed by atoms with Gasteiger partial charge in [-0.3, -0.25) is 19.2 Å². The van der Waals surface area contributed by atoms with E-state index in [0.29, 0.717) is 38.5 Å². The Morgan fingerprint density at radius 3 is 0.893 bits per heavy atom. The quantitative estimate of drug-likeness (QED) is 0.461. The van der Waals surface area contributed by atoms with Gasteiger partial charge in [-0.05, 0) is 12.8 Å². The Kier molecular flexibility index (Phi) is 17.8. The van der Waals surface area contributed by atoms with Crippen LogP contribution in [-0.2, 0) is 19.2 Å². The third-order valence-electron chi connectivity index (χ3n) is 3.49. The SMILES string of the molecule is O=C1CCCC(=O)SCCSCCSC(=O)CCCC(=O)SCCSCCS1. The monoisotopic (exact) mass is 500 g/mol. The summed E-state index contributed by atoms with van der Waals surface area (Å²) in [5.41, 5.74) is 0. The molecule has 0 atom stereocenters. The van der Waals surface area contributed by atoms with E-state index >= 15 is 0 Å². The summed E-state index contributed by atoms with van der Waals surface area (Å²) in [6.45, 7) is 0. The fourth-order valence-corrected chi connectivity index (χ4v) is 7.80. The molecule has 1 aliphatic heterocycles. The van der Waals surface area contributed by atoms with Gasteiger partial charge in [0.2, 0.25) is 0 Å². The molecule has 0 saturated carbocycles. The lowest BCUT2D eigenvalue weighted by molar-refractivity contribution is -0.113. The van der Waals surface area contributed by atoms with Crippen LogP contribution in [-0.4, -0.2) is 66.5 Å². The molecule has 0 amide bonds. The first-order chi connectivity index (χ1) is 13.6. The molecular formula is C18H28O4S6. The lowest BCUT2D eigenvalue weighted by atomic mass is 10.3. The Morgan fingerprint density at radius 1 is 0.393 bits per heavy atom. The third kappa shape index (κ3) is 16.6. The Labute approximate surface area is 193 Å². The smallest absolute Gasteiger partial charge is 0.188 e. The van der Waals surface area contributed by atoms with Crippen molar-refractivity contribution in [3.8, 4) is 0 Å². The zero-order valence-corrected chi connectivity index (χ0v) is 20.9. The van der Waals surface area contributed by atoms with E-state index in [1.807, 2.05) is 0 Å². The predicted octanol–water partition coefficient (Wildman–Crippen LogP) is 4.85. The first-order valence-electron chi connectivity index (χ1n) is 9.36. The highest BCUT2D eigenvalue weighted by Gasteiger charge is 2.09. The van der Waals surface area contributed by atoms with E-state index in [1.54, 1.807) is 23.5 Å². The van der Waals surface area contributed by atoms with E-state index in [-0.39, 0.29) is 20.5 Å². The molecule has 28 heavy (non-hydrogen) atoms. The van der Waals surface area contributed by atoms with Crippen LogP contribution in [0, 0.1) is 0 Å². The summed E-state index contributed by atoms with van der Waals surface area (Å²) in [6.07, 6.45) is 3.13. The van der Waals surface area contributed by atoms with Crippen molar-refractivity contribution in [3.05, 3.63) is 0 Å². The molecule has 1 heterocycles. The Balaban J connectivity index is 2.29. The minimum atomic E-state index is 0.167. The summed E-state index contributed by atoms with van der Waals surface area (Å²) >= 11 is 8.90. The zero-order chi connectivity index (χ0) is 20.5. The van der Waals surface area contributed by atoms with Crippen molar-refractivity contribution in [2.75, 3.05) is 46.0 Å². The van der Waals surface area contributed by atoms with Gasteiger partial charge in [-0.25, -0.2) is 0 Å². The van der Waals surface area contributed by atoms with Gasteiger partial charge in [-0.2, -0.15) is 23.5 Å². The summed E-state index contributed by atoms with van der Waals surface area (Å²) in [4.78, 5) is 47.3. The topological polar surface area (TPSA) is 68.3 Å². The molecule has 0 aliphatic carbocycles. The van der Waals surface area contributed by atoms with Crippen LogP contribution in [0.5, 0.6) is 0 Å². The second kappa shape index (κ2) is 18.5. The highest BCUT2D eigenvalue weighted by molar-refractivity contribution is 8.15. The molecule has 160 valence electrons. The van der Waals surface area contributed by atoms with Crippen LogP contribution in [0.2, 0.25) is 0 Å². The van der Waals surface area contributed by atoms with Gasteiger partial charge < -0.3 is 0 Å². The average molecular weight is 501 g/mol. The number of hydrogen-bond acceptors (Lipinski definition) is 10. The third-order valence-corrected chi connectivity index (χ3v) is 10.2. The minimum absolute atomic E-state index is 0.167. The largest absolute Gasteiger partial charge is 0.287 e. The summed E-state index contributed by atoms with van der Waals surface area (Å²) in [5.74, 6) is 6.69. The molecule has 10 heteroatoms. The minimum Gasteiger partial charge on any atom is -0.287 e. The summed E-state index contributed by atoms with van der Waals surface area (Å²) in [7, 11) is 0. The van der Waals surface area contributed by atoms with Crippen molar-refractivity contribution in [1.82, 2.24) is 0 Å². The van der Waals surface area contributed by atoms with E-state index < -0.39 is 0 Å². The Hall–Kier alpha value is 0.780. The first-order valence-corrected chi connectivity index (χ1v) is 15.6. The molecule has 0 N–H and O–H groups in total. The fourth-order valence-electron chi connectivity index (χ4n) is 2.10. The van der Waals surface area contributed by atoms with Crippen LogP contribution in [0.1, 0.15) is 38.5 Å². The molecule has 1 fully saturated rings. The summed E-state index contributed by atoms with van der Waals surface area (Å²) < 4.78 is 0. The molecule has 1 rings (SSSR count). The van der Waals surface area contributed by atoms with Crippen LogP contribution in [0.25, 0.3) is 0 Å². The lowest BCUT2D eigenvalue weighted by Crippen LogP contribution is -2.02. The Morgan fingerprint density at radius 2 is 0.643 bits per heavy atom. The highest BCUT2D eigenvalue weighted by Crippen LogP contribution is 2.18. The zero-order valence-electron chi connectivity index (χ0n) is 16.0. The highest BCUT2D eigenvalue weighted by atomic mass is 32.2. The van der Waals surface area contributed by atoms with Crippen LogP contribution in [0.3, 0.4) is 0 Å².